The number of hydrogen-bond donors (Lipinski definition) is 1. The quantitative estimate of drug-likeness (QED) is 0.442. The Morgan fingerprint density at radius 1 is 1.06 bits per heavy atom. The fourth-order valence-corrected chi connectivity index (χ4v) is 4.34. The van der Waals surface area contributed by atoms with Gasteiger partial charge in [-0.25, -0.2) is 4.68 Å². The lowest BCUT2D eigenvalue weighted by Crippen LogP contribution is -2.44. The molecule has 0 atom stereocenters. The number of hydrogen-bond acceptors (Lipinski definition) is 5. The van der Waals surface area contributed by atoms with Gasteiger partial charge in [-0.3, -0.25) is 9.69 Å². The first-order valence-corrected chi connectivity index (χ1v) is 11.5. The number of carbonyl (C=O) groups excluding carboxylic acids is 1. The first-order valence-electron chi connectivity index (χ1n) is 11.5. The fraction of sp³-hybridized carbons (Fsp3) is 0.259. The molecule has 1 fully saturated rings. The van der Waals surface area contributed by atoms with Crippen LogP contribution in [0.15, 0.2) is 83.5 Å². The minimum Gasteiger partial charge on any atom is -0.497 e. The summed E-state index contributed by atoms with van der Waals surface area (Å²) in [6.45, 7) is 2.85. The zero-order valence-corrected chi connectivity index (χ0v) is 19.2. The van der Waals surface area contributed by atoms with Crippen LogP contribution in [0, 0.1) is 0 Å². The summed E-state index contributed by atoms with van der Waals surface area (Å²) in [5, 5.41) is 7.89. The van der Waals surface area contributed by atoms with Crippen molar-refractivity contribution in [3.8, 4) is 22.9 Å². The van der Waals surface area contributed by atoms with Gasteiger partial charge in [0.25, 0.3) is 5.91 Å². The van der Waals surface area contributed by atoms with E-state index in [9.17, 15) is 4.79 Å². The standard InChI is InChI=1S/C27H28N4O3/c1-33-23-11-9-22(10-12-23)31-25(18-24(29-31)26-8-5-17-34-26)27(32)28-21-13-15-30(16-14-21)19-20-6-3-2-4-7-20/h2-12,17-18,21H,13-16,19H2,1H3,(H,28,32). The number of nitrogens with one attached hydrogen (secondary N) is 1. The van der Waals surface area contributed by atoms with Crippen molar-refractivity contribution in [3.63, 3.8) is 0 Å². The van der Waals surface area contributed by atoms with Gasteiger partial charge in [0.1, 0.15) is 17.1 Å². The van der Waals surface area contributed by atoms with E-state index in [1.807, 2.05) is 42.5 Å². The Labute approximate surface area is 199 Å². The van der Waals surface area contributed by atoms with Crippen molar-refractivity contribution >= 4 is 5.91 Å². The van der Waals surface area contributed by atoms with Crippen LogP contribution in [0.4, 0.5) is 0 Å². The highest BCUT2D eigenvalue weighted by molar-refractivity contribution is 5.94. The maximum atomic E-state index is 13.3. The summed E-state index contributed by atoms with van der Waals surface area (Å²) in [5.74, 6) is 1.23. The van der Waals surface area contributed by atoms with Gasteiger partial charge in [-0.2, -0.15) is 5.10 Å². The normalized spacial score (nSPS) is 14.7. The van der Waals surface area contributed by atoms with E-state index in [0.717, 1.165) is 43.9 Å². The third kappa shape index (κ3) is 4.89. The smallest absolute Gasteiger partial charge is 0.270 e. The van der Waals surface area contributed by atoms with Gasteiger partial charge in [0.05, 0.1) is 19.1 Å². The van der Waals surface area contributed by atoms with E-state index < -0.39 is 0 Å². The molecular formula is C27H28N4O3. The van der Waals surface area contributed by atoms with Gasteiger partial charge in [0.15, 0.2) is 5.76 Å². The summed E-state index contributed by atoms with van der Waals surface area (Å²) in [5.41, 5.74) is 3.19. The van der Waals surface area contributed by atoms with E-state index in [0.29, 0.717) is 17.1 Å². The number of carbonyl (C=O) groups is 1. The molecule has 1 aliphatic rings. The molecule has 7 heteroatoms. The molecule has 0 aliphatic carbocycles. The van der Waals surface area contributed by atoms with Gasteiger partial charge in [0, 0.05) is 31.7 Å². The summed E-state index contributed by atoms with van der Waals surface area (Å²) in [4.78, 5) is 15.8. The molecule has 7 nitrogen and oxygen atoms in total. The summed E-state index contributed by atoms with van der Waals surface area (Å²) in [6, 6.07) is 23.5. The fourth-order valence-electron chi connectivity index (χ4n) is 4.34. The van der Waals surface area contributed by atoms with Crippen LogP contribution >= 0.6 is 0 Å². The molecule has 1 amide bonds. The summed E-state index contributed by atoms with van der Waals surface area (Å²) >= 11 is 0. The molecule has 2 aromatic heterocycles. The molecular weight excluding hydrogens is 428 g/mol. The van der Waals surface area contributed by atoms with Crippen molar-refractivity contribution in [2.75, 3.05) is 20.2 Å². The molecule has 1 aliphatic heterocycles. The number of likely N-dealkylation sites (tertiary alicyclic amines) is 1. The number of furan rings is 1. The Kier molecular flexibility index (Phi) is 6.44. The lowest BCUT2D eigenvalue weighted by Gasteiger charge is -2.32. The maximum absolute atomic E-state index is 13.3. The summed E-state index contributed by atoms with van der Waals surface area (Å²) in [7, 11) is 1.63. The van der Waals surface area contributed by atoms with E-state index in [1.165, 1.54) is 5.56 Å². The second-order valence-corrected chi connectivity index (χ2v) is 8.51. The highest BCUT2D eigenvalue weighted by atomic mass is 16.5. The lowest BCUT2D eigenvalue weighted by molar-refractivity contribution is 0.0901. The number of nitrogens with zero attached hydrogens (tertiary/aromatic N) is 3. The third-order valence-corrected chi connectivity index (χ3v) is 6.20. The molecule has 34 heavy (non-hydrogen) atoms. The van der Waals surface area contributed by atoms with E-state index in [-0.39, 0.29) is 11.9 Å². The Bertz CT molecular complexity index is 1210. The zero-order chi connectivity index (χ0) is 23.3. The number of aromatic nitrogens is 2. The lowest BCUT2D eigenvalue weighted by atomic mass is 10.0. The van der Waals surface area contributed by atoms with Gasteiger partial charge in [-0.05, 0) is 54.8 Å². The van der Waals surface area contributed by atoms with Gasteiger partial charge >= 0.3 is 0 Å². The highest BCUT2D eigenvalue weighted by Crippen LogP contribution is 2.24. The monoisotopic (exact) mass is 456 g/mol. The van der Waals surface area contributed by atoms with E-state index in [2.05, 4.69) is 39.6 Å². The molecule has 2 aromatic carbocycles. The Hall–Kier alpha value is -3.84. The number of benzene rings is 2. The average Bonchev–Trinajstić information content (AvgIpc) is 3.56. The minimum absolute atomic E-state index is 0.130. The number of ether oxygens (including phenoxy) is 1. The average molecular weight is 457 g/mol. The number of rotatable bonds is 7. The number of amides is 1. The van der Waals surface area contributed by atoms with Crippen molar-refractivity contribution in [3.05, 3.63) is 90.3 Å². The first kappa shape index (κ1) is 22.0. The molecule has 0 saturated carbocycles. The minimum atomic E-state index is -0.136. The van der Waals surface area contributed by atoms with Crippen LogP contribution in [-0.4, -0.2) is 46.8 Å². The van der Waals surface area contributed by atoms with Crippen molar-refractivity contribution < 1.29 is 13.9 Å². The van der Waals surface area contributed by atoms with Gasteiger partial charge in [-0.1, -0.05) is 30.3 Å². The molecule has 4 aromatic rings. The van der Waals surface area contributed by atoms with Crippen LogP contribution in [0.25, 0.3) is 17.1 Å². The van der Waals surface area contributed by atoms with Gasteiger partial charge < -0.3 is 14.5 Å². The highest BCUT2D eigenvalue weighted by Gasteiger charge is 2.24. The largest absolute Gasteiger partial charge is 0.497 e. The van der Waals surface area contributed by atoms with Crippen molar-refractivity contribution in [1.82, 2.24) is 20.0 Å². The molecule has 1 saturated heterocycles. The van der Waals surface area contributed by atoms with Crippen LogP contribution in [0.3, 0.4) is 0 Å². The summed E-state index contributed by atoms with van der Waals surface area (Å²) in [6.07, 6.45) is 3.44. The predicted molar refractivity (Wildman–Crippen MR) is 130 cm³/mol. The SMILES string of the molecule is COc1ccc(-n2nc(-c3ccco3)cc2C(=O)NC2CCN(Cc3ccccc3)CC2)cc1. The molecule has 1 N–H and O–H groups in total. The zero-order valence-electron chi connectivity index (χ0n) is 19.2. The molecule has 0 unspecified atom stereocenters. The first-order chi connectivity index (χ1) is 16.7. The molecule has 0 bridgehead atoms. The van der Waals surface area contributed by atoms with Crippen LogP contribution in [-0.2, 0) is 6.54 Å². The Morgan fingerprint density at radius 2 is 1.82 bits per heavy atom. The van der Waals surface area contributed by atoms with E-state index in [1.54, 1.807) is 24.1 Å². The van der Waals surface area contributed by atoms with Crippen molar-refractivity contribution in [2.24, 2.45) is 0 Å². The van der Waals surface area contributed by atoms with Crippen LogP contribution in [0.2, 0.25) is 0 Å². The summed E-state index contributed by atoms with van der Waals surface area (Å²) < 4.78 is 12.4. The molecule has 0 spiro atoms. The number of methoxy groups -OCH3 is 1. The molecule has 3 heterocycles. The Balaban J connectivity index is 1.30. The topological polar surface area (TPSA) is 72.5 Å². The Morgan fingerprint density at radius 3 is 2.50 bits per heavy atom. The molecule has 5 rings (SSSR count). The predicted octanol–water partition coefficient (Wildman–Crippen LogP) is 4.54. The van der Waals surface area contributed by atoms with E-state index in [4.69, 9.17) is 9.15 Å². The van der Waals surface area contributed by atoms with E-state index >= 15 is 0 Å². The molecule has 174 valence electrons. The van der Waals surface area contributed by atoms with Gasteiger partial charge in [-0.15, -0.1) is 0 Å². The van der Waals surface area contributed by atoms with Crippen molar-refractivity contribution in [2.45, 2.75) is 25.4 Å². The molecule has 0 radical (unpaired) electrons. The van der Waals surface area contributed by atoms with Gasteiger partial charge in [0.2, 0.25) is 0 Å². The van der Waals surface area contributed by atoms with Crippen LogP contribution in [0.5, 0.6) is 5.75 Å². The second-order valence-electron chi connectivity index (χ2n) is 8.51. The van der Waals surface area contributed by atoms with Crippen LogP contribution < -0.4 is 10.1 Å². The maximum Gasteiger partial charge on any atom is 0.270 e. The second kappa shape index (κ2) is 9.97. The third-order valence-electron chi connectivity index (χ3n) is 6.20. The van der Waals surface area contributed by atoms with Crippen LogP contribution in [0.1, 0.15) is 28.9 Å². The van der Waals surface area contributed by atoms with Crippen molar-refractivity contribution in [1.29, 1.82) is 0 Å². The number of piperidine rings is 1.